The minimum atomic E-state index is -0.424. The van der Waals surface area contributed by atoms with Gasteiger partial charge >= 0.3 is 0 Å². The van der Waals surface area contributed by atoms with E-state index in [1.807, 2.05) is 11.5 Å². The number of carbonyl (C=O) groups is 1. The molecule has 0 bridgehead atoms. The van der Waals surface area contributed by atoms with Gasteiger partial charge in [-0.25, -0.2) is 0 Å². The van der Waals surface area contributed by atoms with E-state index in [4.69, 9.17) is 0 Å². The largest absolute Gasteiger partial charge is 0.364 e. The van der Waals surface area contributed by atoms with Crippen molar-refractivity contribution in [3.8, 4) is 0 Å². The minimum absolute atomic E-state index is 0.0909. The van der Waals surface area contributed by atoms with E-state index >= 15 is 0 Å². The molecule has 0 spiro atoms. The zero-order valence-electron chi connectivity index (χ0n) is 10.8. The first-order valence-electron chi connectivity index (χ1n) is 5.96. The molecule has 2 aromatic heterocycles. The highest BCUT2D eigenvalue weighted by molar-refractivity contribution is 5.93. The fraction of sp³-hybridized carbons (Fsp3) is 0.333. The van der Waals surface area contributed by atoms with Crippen LogP contribution in [0.1, 0.15) is 28.8 Å². The van der Waals surface area contributed by atoms with E-state index in [-0.39, 0.29) is 17.5 Å². The molecule has 100 valence electrons. The first-order chi connectivity index (χ1) is 9.11. The van der Waals surface area contributed by atoms with E-state index in [1.165, 1.54) is 12.3 Å². The number of aromatic nitrogens is 4. The molecule has 1 amide bonds. The lowest BCUT2D eigenvalue weighted by atomic mass is 10.2. The van der Waals surface area contributed by atoms with Crippen LogP contribution >= 0.6 is 0 Å². The SMILES string of the molecule is CCn1cnnc1CNC(=O)c1c[nH]c(C)cc1=O. The maximum atomic E-state index is 11.9. The average Bonchev–Trinajstić information content (AvgIpc) is 2.83. The molecule has 7 nitrogen and oxygen atoms in total. The fourth-order valence-corrected chi connectivity index (χ4v) is 1.69. The Bertz CT molecular complexity index is 644. The van der Waals surface area contributed by atoms with Crippen LogP contribution in [-0.4, -0.2) is 25.7 Å². The summed E-state index contributed by atoms with van der Waals surface area (Å²) in [5, 5.41) is 10.3. The molecule has 0 aliphatic heterocycles. The summed E-state index contributed by atoms with van der Waals surface area (Å²) in [6.45, 7) is 4.68. The number of aryl methyl sites for hydroxylation is 2. The number of nitrogens with one attached hydrogen (secondary N) is 2. The summed E-state index contributed by atoms with van der Waals surface area (Å²) in [4.78, 5) is 26.4. The summed E-state index contributed by atoms with van der Waals surface area (Å²) in [7, 11) is 0. The molecular formula is C12H15N5O2. The number of hydrogen-bond acceptors (Lipinski definition) is 4. The molecule has 0 unspecified atom stereocenters. The Morgan fingerprint density at radius 3 is 3.00 bits per heavy atom. The molecule has 0 aliphatic rings. The van der Waals surface area contributed by atoms with Gasteiger partial charge in [0, 0.05) is 24.5 Å². The van der Waals surface area contributed by atoms with Crippen molar-refractivity contribution in [1.82, 2.24) is 25.1 Å². The topological polar surface area (TPSA) is 92.7 Å². The molecule has 2 N–H and O–H groups in total. The Morgan fingerprint density at radius 2 is 2.32 bits per heavy atom. The second-order valence-electron chi connectivity index (χ2n) is 4.11. The second-order valence-corrected chi connectivity index (χ2v) is 4.11. The predicted octanol–water partition coefficient (Wildman–Crippen LogP) is 0.225. The molecule has 2 heterocycles. The molecule has 19 heavy (non-hydrogen) atoms. The number of nitrogens with zero attached hydrogens (tertiary/aromatic N) is 3. The van der Waals surface area contributed by atoms with Gasteiger partial charge in [-0.05, 0) is 13.8 Å². The third-order valence-corrected chi connectivity index (χ3v) is 2.75. The highest BCUT2D eigenvalue weighted by atomic mass is 16.2. The van der Waals surface area contributed by atoms with Gasteiger partial charge in [0.05, 0.1) is 6.54 Å². The predicted molar refractivity (Wildman–Crippen MR) is 68.7 cm³/mol. The highest BCUT2D eigenvalue weighted by Gasteiger charge is 2.11. The summed E-state index contributed by atoms with van der Waals surface area (Å²) >= 11 is 0. The molecular weight excluding hydrogens is 246 g/mol. The van der Waals surface area contributed by atoms with Crippen LogP contribution in [0.2, 0.25) is 0 Å². The number of amides is 1. The van der Waals surface area contributed by atoms with Gasteiger partial charge in [-0.3, -0.25) is 9.59 Å². The van der Waals surface area contributed by atoms with E-state index < -0.39 is 5.91 Å². The third-order valence-electron chi connectivity index (χ3n) is 2.75. The van der Waals surface area contributed by atoms with Crippen LogP contribution in [0.25, 0.3) is 0 Å². The summed E-state index contributed by atoms with van der Waals surface area (Å²) in [5.74, 6) is 0.228. The smallest absolute Gasteiger partial charge is 0.257 e. The second kappa shape index (κ2) is 5.47. The van der Waals surface area contributed by atoms with Crippen molar-refractivity contribution in [2.75, 3.05) is 0 Å². The Kier molecular flexibility index (Phi) is 3.74. The Morgan fingerprint density at radius 1 is 1.53 bits per heavy atom. The number of aromatic amines is 1. The summed E-state index contributed by atoms with van der Waals surface area (Å²) in [6.07, 6.45) is 3.01. The van der Waals surface area contributed by atoms with Gasteiger partial charge in [-0.2, -0.15) is 0 Å². The van der Waals surface area contributed by atoms with Gasteiger partial charge < -0.3 is 14.9 Å². The van der Waals surface area contributed by atoms with Crippen LogP contribution in [0.3, 0.4) is 0 Å². The van der Waals surface area contributed by atoms with Crippen molar-refractivity contribution < 1.29 is 4.79 Å². The maximum Gasteiger partial charge on any atom is 0.257 e. The summed E-state index contributed by atoms with van der Waals surface area (Å²) in [5.41, 5.74) is 0.506. The Balaban J connectivity index is 2.08. The lowest BCUT2D eigenvalue weighted by molar-refractivity contribution is 0.0948. The van der Waals surface area contributed by atoms with E-state index in [9.17, 15) is 9.59 Å². The van der Waals surface area contributed by atoms with Crippen LogP contribution in [0, 0.1) is 6.92 Å². The first kappa shape index (κ1) is 13.0. The molecule has 0 fully saturated rings. The zero-order valence-corrected chi connectivity index (χ0v) is 10.8. The fourth-order valence-electron chi connectivity index (χ4n) is 1.69. The Labute approximate surface area is 109 Å². The molecule has 0 saturated carbocycles. The van der Waals surface area contributed by atoms with E-state index in [0.29, 0.717) is 11.5 Å². The highest BCUT2D eigenvalue weighted by Crippen LogP contribution is 1.96. The number of H-pyrrole nitrogens is 1. The molecule has 2 rings (SSSR count). The van der Waals surface area contributed by atoms with Gasteiger partial charge in [0.1, 0.15) is 11.9 Å². The molecule has 0 atom stereocenters. The number of pyridine rings is 1. The standard InChI is InChI=1S/C12H15N5O2/c1-3-17-7-15-16-11(17)6-14-12(19)9-5-13-8(2)4-10(9)18/h4-5,7H,3,6H2,1-2H3,(H,13,18)(H,14,19). The average molecular weight is 261 g/mol. The molecule has 2 aromatic rings. The van der Waals surface area contributed by atoms with Crippen molar-refractivity contribution in [2.24, 2.45) is 0 Å². The lowest BCUT2D eigenvalue weighted by Crippen LogP contribution is -2.29. The Hall–Kier alpha value is -2.44. The molecule has 0 aliphatic carbocycles. The zero-order chi connectivity index (χ0) is 13.8. The van der Waals surface area contributed by atoms with Crippen LogP contribution < -0.4 is 10.7 Å². The number of rotatable bonds is 4. The summed E-state index contributed by atoms with van der Waals surface area (Å²) in [6, 6.07) is 1.39. The first-order valence-corrected chi connectivity index (χ1v) is 5.96. The number of hydrogen-bond donors (Lipinski definition) is 2. The van der Waals surface area contributed by atoms with Crippen LogP contribution in [0.5, 0.6) is 0 Å². The maximum absolute atomic E-state index is 11.9. The van der Waals surface area contributed by atoms with Crippen LogP contribution in [0.15, 0.2) is 23.4 Å². The van der Waals surface area contributed by atoms with Crippen molar-refractivity contribution in [3.05, 3.63) is 45.9 Å². The van der Waals surface area contributed by atoms with Gasteiger partial charge in [-0.1, -0.05) is 0 Å². The normalized spacial score (nSPS) is 10.4. The molecule has 0 radical (unpaired) electrons. The third kappa shape index (κ3) is 2.87. The van der Waals surface area contributed by atoms with Gasteiger partial charge in [0.2, 0.25) is 0 Å². The van der Waals surface area contributed by atoms with Gasteiger partial charge in [0.15, 0.2) is 11.3 Å². The van der Waals surface area contributed by atoms with Gasteiger partial charge in [0.25, 0.3) is 5.91 Å². The quantitative estimate of drug-likeness (QED) is 0.823. The van der Waals surface area contributed by atoms with E-state index in [2.05, 4.69) is 20.5 Å². The molecule has 0 saturated heterocycles. The van der Waals surface area contributed by atoms with E-state index in [0.717, 1.165) is 6.54 Å². The minimum Gasteiger partial charge on any atom is -0.364 e. The lowest BCUT2D eigenvalue weighted by Gasteiger charge is -2.05. The van der Waals surface area contributed by atoms with Crippen molar-refractivity contribution in [2.45, 2.75) is 26.9 Å². The molecule has 0 aromatic carbocycles. The van der Waals surface area contributed by atoms with Gasteiger partial charge in [-0.15, -0.1) is 10.2 Å². The van der Waals surface area contributed by atoms with Crippen molar-refractivity contribution >= 4 is 5.91 Å². The van der Waals surface area contributed by atoms with E-state index in [1.54, 1.807) is 13.3 Å². The monoisotopic (exact) mass is 261 g/mol. The summed E-state index contributed by atoms with van der Waals surface area (Å²) < 4.78 is 1.82. The van der Waals surface area contributed by atoms with Crippen molar-refractivity contribution in [1.29, 1.82) is 0 Å². The number of carbonyl (C=O) groups excluding carboxylic acids is 1. The molecule has 7 heteroatoms. The van der Waals surface area contributed by atoms with Crippen molar-refractivity contribution in [3.63, 3.8) is 0 Å². The van der Waals surface area contributed by atoms with Crippen LogP contribution in [-0.2, 0) is 13.1 Å². The van der Waals surface area contributed by atoms with Crippen LogP contribution in [0.4, 0.5) is 0 Å².